The zero-order chi connectivity index (χ0) is 13.6. The van der Waals surface area contributed by atoms with Crippen molar-refractivity contribution in [1.29, 1.82) is 0 Å². The van der Waals surface area contributed by atoms with Crippen molar-refractivity contribution >= 4 is 5.97 Å². The van der Waals surface area contributed by atoms with Crippen molar-refractivity contribution in [1.82, 2.24) is 0 Å². The second kappa shape index (κ2) is 4.22. The molecule has 0 aromatic heterocycles. The number of carbonyl (C=O) groups is 1. The quantitative estimate of drug-likeness (QED) is 0.570. The third-order valence-electron chi connectivity index (χ3n) is 4.60. The Labute approximate surface area is 110 Å². The van der Waals surface area contributed by atoms with Crippen LogP contribution in [0.25, 0.3) is 0 Å². The zero-order valence-corrected chi connectivity index (χ0v) is 12.3. The zero-order valence-electron chi connectivity index (χ0n) is 12.3. The van der Waals surface area contributed by atoms with E-state index in [-0.39, 0.29) is 17.0 Å². The molecule has 1 spiro atoms. The molecule has 2 fully saturated rings. The summed E-state index contributed by atoms with van der Waals surface area (Å²) in [4.78, 5) is 12.3. The van der Waals surface area contributed by atoms with E-state index in [2.05, 4.69) is 27.7 Å². The molecule has 18 heavy (non-hydrogen) atoms. The third kappa shape index (κ3) is 1.78. The van der Waals surface area contributed by atoms with Gasteiger partial charge in [-0.2, -0.15) is 0 Å². The predicted octanol–water partition coefficient (Wildman–Crippen LogP) is 3.31. The van der Waals surface area contributed by atoms with Gasteiger partial charge in [0.2, 0.25) is 0 Å². The van der Waals surface area contributed by atoms with Crippen LogP contribution in [0.1, 0.15) is 60.3 Å². The maximum Gasteiger partial charge on any atom is 0.341 e. The lowest BCUT2D eigenvalue weighted by atomic mass is 9.81. The van der Waals surface area contributed by atoms with Crippen LogP contribution in [0.15, 0.2) is 0 Å². The molecule has 0 bridgehead atoms. The first-order chi connectivity index (χ1) is 8.33. The SMILES string of the molecule is CCCC1(C(=O)OCC)OC12CC(C)(C)CC2C. The molecular formula is C15H26O3. The summed E-state index contributed by atoms with van der Waals surface area (Å²) in [5.41, 5.74) is -0.634. The molecule has 3 heteroatoms. The molecule has 1 heterocycles. The number of rotatable bonds is 4. The van der Waals surface area contributed by atoms with Gasteiger partial charge in [-0.25, -0.2) is 4.79 Å². The standard InChI is InChI=1S/C15H26O3/c1-6-8-14(12(16)17-7-2)15(18-14)10-13(4,5)9-11(15)3/h11H,6-10H2,1-5H3. The normalized spacial score (nSPS) is 41.1. The van der Waals surface area contributed by atoms with Crippen LogP contribution >= 0.6 is 0 Å². The van der Waals surface area contributed by atoms with Crippen molar-refractivity contribution in [3.8, 4) is 0 Å². The van der Waals surface area contributed by atoms with Gasteiger partial charge in [-0.3, -0.25) is 0 Å². The van der Waals surface area contributed by atoms with E-state index in [1.165, 1.54) is 0 Å². The summed E-state index contributed by atoms with van der Waals surface area (Å²) in [7, 11) is 0. The van der Waals surface area contributed by atoms with Gasteiger partial charge in [-0.05, 0) is 37.5 Å². The molecule has 2 rings (SSSR count). The fourth-order valence-corrected chi connectivity index (χ4v) is 4.09. The molecule has 0 radical (unpaired) electrons. The van der Waals surface area contributed by atoms with Crippen LogP contribution in [0.5, 0.6) is 0 Å². The molecular weight excluding hydrogens is 228 g/mol. The van der Waals surface area contributed by atoms with Crippen molar-refractivity contribution in [2.75, 3.05) is 6.61 Å². The van der Waals surface area contributed by atoms with Crippen molar-refractivity contribution in [2.24, 2.45) is 11.3 Å². The van der Waals surface area contributed by atoms with Gasteiger partial charge in [0.25, 0.3) is 0 Å². The Morgan fingerprint density at radius 3 is 2.50 bits per heavy atom. The summed E-state index contributed by atoms with van der Waals surface area (Å²) in [6, 6.07) is 0. The fourth-order valence-electron chi connectivity index (χ4n) is 4.09. The number of hydrogen-bond acceptors (Lipinski definition) is 3. The molecule has 3 unspecified atom stereocenters. The van der Waals surface area contributed by atoms with E-state index in [0.29, 0.717) is 12.5 Å². The lowest BCUT2D eigenvalue weighted by molar-refractivity contribution is -0.150. The monoisotopic (exact) mass is 254 g/mol. The van der Waals surface area contributed by atoms with Gasteiger partial charge < -0.3 is 9.47 Å². The van der Waals surface area contributed by atoms with Crippen LogP contribution in [0.4, 0.5) is 0 Å². The summed E-state index contributed by atoms with van der Waals surface area (Å²) in [5.74, 6) is 0.292. The van der Waals surface area contributed by atoms with Gasteiger partial charge in [-0.1, -0.05) is 34.1 Å². The third-order valence-corrected chi connectivity index (χ3v) is 4.60. The van der Waals surface area contributed by atoms with Crippen LogP contribution in [0, 0.1) is 11.3 Å². The molecule has 1 saturated heterocycles. The van der Waals surface area contributed by atoms with E-state index in [9.17, 15) is 4.79 Å². The highest BCUT2D eigenvalue weighted by Crippen LogP contribution is 2.67. The van der Waals surface area contributed by atoms with Gasteiger partial charge in [-0.15, -0.1) is 0 Å². The Balaban J connectivity index is 2.24. The average Bonchev–Trinajstić information content (AvgIpc) is 2.80. The highest BCUT2D eigenvalue weighted by molar-refractivity contribution is 5.85. The summed E-state index contributed by atoms with van der Waals surface area (Å²) < 4.78 is 11.3. The molecule has 0 amide bonds. The first-order valence-corrected chi connectivity index (χ1v) is 7.21. The highest BCUT2D eigenvalue weighted by atomic mass is 16.7. The summed E-state index contributed by atoms with van der Waals surface area (Å²) >= 11 is 0. The molecule has 0 aromatic carbocycles. The maximum atomic E-state index is 12.3. The first-order valence-electron chi connectivity index (χ1n) is 7.21. The Kier molecular flexibility index (Phi) is 3.25. The average molecular weight is 254 g/mol. The minimum atomic E-state index is -0.648. The van der Waals surface area contributed by atoms with Gasteiger partial charge in [0.05, 0.1) is 6.61 Å². The Hall–Kier alpha value is -0.570. The molecule has 3 atom stereocenters. The number of carbonyl (C=O) groups excluding carboxylic acids is 1. The van der Waals surface area contributed by atoms with Gasteiger partial charge in [0.15, 0.2) is 5.60 Å². The van der Waals surface area contributed by atoms with Crippen molar-refractivity contribution in [3.05, 3.63) is 0 Å². The second-order valence-electron chi connectivity index (χ2n) is 6.74. The minimum absolute atomic E-state index is 0.142. The molecule has 1 aliphatic carbocycles. The molecule has 1 aliphatic heterocycles. The molecule has 1 saturated carbocycles. The Morgan fingerprint density at radius 1 is 1.39 bits per heavy atom. The summed E-state index contributed by atoms with van der Waals surface area (Å²) in [6.45, 7) is 11.1. The fraction of sp³-hybridized carbons (Fsp3) is 0.933. The highest BCUT2D eigenvalue weighted by Gasteiger charge is 2.79. The molecule has 104 valence electrons. The first kappa shape index (κ1) is 13.9. The number of epoxide rings is 1. The van der Waals surface area contributed by atoms with E-state index < -0.39 is 5.60 Å². The van der Waals surface area contributed by atoms with E-state index in [4.69, 9.17) is 9.47 Å². The van der Waals surface area contributed by atoms with Crippen LogP contribution in [0.3, 0.4) is 0 Å². The summed E-state index contributed by atoms with van der Waals surface area (Å²) in [5, 5.41) is 0. The molecule has 2 aliphatic rings. The molecule has 0 N–H and O–H groups in total. The van der Waals surface area contributed by atoms with Crippen molar-refractivity contribution in [3.63, 3.8) is 0 Å². The minimum Gasteiger partial charge on any atom is -0.464 e. The second-order valence-corrected chi connectivity index (χ2v) is 6.74. The number of esters is 1. The number of hydrogen-bond donors (Lipinski definition) is 0. The molecule has 3 nitrogen and oxygen atoms in total. The van der Waals surface area contributed by atoms with Crippen LogP contribution in [-0.4, -0.2) is 23.8 Å². The molecule has 0 aromatic rings. The van der Waals surface area contributed by atoms with E-state index in [0.717, 1.165) is 25.7 Å². The van der Waals surface area contributed by atoms with E-state index >= 15 is 0 Å². The Morgan fingerprint density at radius 2 is 2.06 bits per heavy atom. The van der Waals surface area contributed by atoms with Gasteiger partial charge in [0.1, 0.15) is 5.60 Å². The number of ether oxygens (including phenoxy) is 2. The van der Waals surface area contributed by atoms with E-state index in [1.54, 1.807) is 0 Å². The Bertz CT molecular complexity index is 350. The predicted molar refractivity (Wildman–Crippen MR) is 70.3 cm³/mol. The lowest BCUT2D eigenvalue weighted by Crippen LogP contribution is -2.37. The topological polar surface area (TPSA) is 38.8 Å². The van der Waals surface area contributed by atoms with Gasteiger partial charge >= 0.3 is 5.97 Å². The van der Waals surface area contributed by atoms with Crippen molar-refractivity contribution in [2.45, 2.75) is 71.5 Å². The van der Waals surface area contributed by atoms with E-state index in [1.807, 2.05) is 6.92 Å². The van der Waals surface area contributed by atoms with Crippen LogP contribution < -0.4 is 0 Å². The summed E-state index contributed by atoms with van der Waals surface area (Å²) in [6.07, 6.45) is 3.83. The van der Waals surface area contributed by atoms with Gasteiger partial charge in [0, 0.05) is 0 Å². The van der Waals surface area contributed by atoms with Crippen LogP contribution in [0.2, 0.25) is 0 Å². The lowest BCUT2D eigenvalue weighted by Gasteiger charge is -2.18. The van der Waals surface area contributed by atoms with Crippen molar-refractivity contribution < 1.29 is 14.3 Å². The smallest absolute Gasteiger partial charge is 0.341 e. The maximum absolute atomic E-state index is 12.3. The largest absolute Gasteiger partial charge is 0.464 e. The van der Waals surface area contributed by atoms with Crippen LogP contribution in [-0.2, 0) is 14.3 Å².